The van der Waals surface area contributed by atoms with E-state index in [9.17, 15) is 13.2 Å². The summed E-state index contributed by atoms with van der Waals surface area (Å²) in [5.74, 6) is 0.238. The topological polar surface area (TPSA) is 92.9 Å². The maximum absolute atomic E-state index is 12.5. The van der Waals surface area contributed by atoms with E-state index in [1.54, 1.807) is 30.1 Å². The van der Waals surface area contributed by atoms with E-state index >= 15 is 0 Å². The zero-order chi connectivity index (χ0) is 17.4. The second-order valence-corrected chi connectivity index (χ2v) is 8.21. The van der Waals surface area contributed by atoms with Gasteiger partial charge >= 0.3 is 0 Å². The molecule has 0 spiro atoms. The Kier molecular flexibility index (Phi) is 4.86. The lowest BCUT2D eigenvalue weighted by Gasteiger charge is -2.34. The van der Waals surface area contributed by atoms with Crippen molar-refractivity contribution in [3.05, 3.63) is 23.8 Å². The predicted molar refractivity (Wildman–Crippen MR) is 88.9 cm³/mol. The average Bonchev–Trinajstić information content (AvgIpc) is 2.45. The Morgan fingerprint density at radius 2 is 2.09 bits per heavy atom. The molecule has 23 heavy (non-hydrogen) atoms. The quantitative estimate of drug-likeness (QED) is 0.814. The number of amides is 1. The van der Waals surface area contributed by atoms with Crippen molar-refractivity contribution in [2.45, 2.75) is 13.0 Å². The van der Waals surface area contributed by atoms with Crippen LogP contribution >= 0.6 is 0 Å². The Bertz CT molecular complexity index is 705. The number of carbonyl (C=O) groups excluding carboxylic acids is 1. The second-order valence-electron chi connectivity index (χ2n) is 6.12. The summed E-state index contributed by atoms with van der Waals surface area (Å²) in [4.78, 5) is 14.1. The molecule has 8 heteroatoms. The van der Waals surface area contributed by atoms with Gasteiger partial charge in [0.05, 0.1) is 18.4 Å². The average molecular weight is 341 g/mol. The molecule has 1 aliphatic rings. The van der Waals surface area contributed by atoms with Crippen molar-refractivity contribution in [3.63, 3.8) is 0 Å². The maximum atomic E-state index is 12.5. The third-order valence-electron chi connectivity index (χ3n) is 4.06. The number of hydrogen-bond donors (Lipinski definition) is 1. The molecule has 2 atom stereocenters. The Balaban J connectivity index is 2.37. The summed E-state index contributed by atoms with van der Waals surface area (Å²) in [6.07, 6.45) is 0.790. The molecule has 1 amide bonds. The Morgan fingerprint density at radius 3 is 2.70 bits per heavy atom. The molecular weight excluding hydrogens is 318 g/mol. The SMILES string of the molecule is C[C@@H]1CN(C)C(=O)c2cc(N)ccc2O[C@@H]1CN(C)S(C)(=O)=O. The van der Waals surface area contributed by atoms with Crippen LogP contribution in [0.2, 0.25) is 0 Å². The number of carbonyl (C=O) groups is 1. The predicted octanol–water partition coefficient (Wildman–Crippen LogP) is 0.629. The van der Waals surface area contributed by atoms with Crippen molar-refractivity contribution in [3.8, 4) is 5.75 Å². The largest absolute Gasteiger partial charge is 0.488 e. The van der Waals surface area contributed by atoms with Gasteiger partial charge in [0, 0.05) is 32.2 Å². The molecule has 0 aliphatic carbocycles. The summed E-state index contributed by atoms with van der Waals surface area (Å²) < 4.78 is 30.6. The molecular formula is C15H23N3O4S. The van der Waals surface area contributed by atoms with Gasteiger partial charge in [-0.2, -0.15) is 0 Å². The second kappa shape index (κ2) is 6.37. The van der Waals surface area contributed by atoms with Crippen LogP contribution in [0.5, 0.6) is 5.75 Å². The van der Waals surface area contributed by atoms with E-state index in [4.69, 9.17) is 10.5 Å². The molecule has 1 aliphatic heterocycles. The number of sulfonamides is 1. The highest BCUT2D eigenvalue weighted by atomic mass is 32.2. The van der Waals surface area contributed by atoms with E-state index in [2.05, 4.69) is 0 Å². The van der Waals surface area contributed by atoms with Crippen LogP contribution in [0.1, 0.15) is 17.3 Å². The van der Waals surface area contributed by atoms with Crippen molar-refractivity contribution in [1.29, 1.82) is 0 Å². The van der Waals surface area contributed by atoms with E-state index in [1.165, 1.54) is 11.4 Å². The van der Waals surface area contributed by atoms with Crippen LogP contribution in [0, 0.1) is 5.92 Å². The van der Waals surface area contributed by atoms with Crippen molar-refractivity contribution in [1.82, 2.24) is 9.21 Å². The van der Waals surface area contributed by atoms with Crippen LogP contribution in [0.4, 0.5) is 5.69 Å². The highest BCUT2D eigenvalue weighted by molar-refractivity contribution is 7.88. The van der Waals surface area contributed by atoms with Crippen molar-refractivity contribution >= 4 is 21.6 Å². The van der Waals surface area contributed by atoms with Gasteiger partial charge in [-0.15, -0.1) is 0 Å². The van der Waals surface area contributed by atoms with Crippen molar-refractivity contribution < 1.29 is 17.9 Å². The van der Waals surface area contributed by atoms with Crippen molar-refractivity contribution in [2.24, 2.45) is 5.92 Å². The lowest BCUT2D eigenvalue weighted by Crippen LogP contribution is -2.46. The summed E-state index contributed by atoms with van der Waals surface area (Å²) in [5, 5.41) is 0. The Hall–Kier alpha value is -1.80. The van der Waals surface area contributed by atoms with Crippen LogP contribution in [-0.2, 0) is 10.0 Å². The van der Waals surface area contributed by atoms with Crippen LogP contribution in [0.15, 0.2) is 18.2 Å². The normalized spacial score (nSPS) is 22.3. The fraction of sp³-hybridized carbons (Fsp3) is 0.533. The van der Waals surface area contributed by atoms with Gasteiger partial charge in [-0.3, -0.25) is 4.79 Å². The number of anilines is 1. The molecule has 7 nitrogen and oxygen atoms in total. The molecule has 0 aromatic heterocycles. The molecule has 0 radical (unpaired) electrons. The minimum Gasteiger partial charge on any atom is -0.488 e. The molecule has 0 unspecified atom stereocenters. The first-order valence-corrected chi connectivity index (χ1v) is 9.17. The summed E-state index contributed by atoms with van der Waals surface area (Å²) in [6, 6.07) is 4.90. The number of benzene rings is 1. The van der Waals surface area contributed by atoms with Gasteiger partial charge < -0.3 is 15.4 Å². The minimum atomic E-state index is -3.30. The molecule has 0 saturated carbocycles. The lowest BCUT2D eigenvalue weighted by atomic mass is 10.0. The fourth-order valence-corrected chi connectivity index (χ4v) is 2.96. The summed E-state index contributed by atoms with van der Waals surface area (Å²) in [5.41, 5.74) is 6.64. The molecule has 2 N–H and O–H groups in total. The fourth-order valence-electron chi connectivity index (χ4n) is 2.54. The summed E-state index contributed by atoms with van der Waals surface area (Å²) in [7, 11) is -0.0687. The van der Waals surface area contributed by atoms with E-state index in [1.807, 2.05) is 6.92 Å². The number of nitrogen functional groups attached to an aromatic ring is 1. The summed E-state index contributed by atoms with van der Waals surface area (Å²) >= 11 is 0. The van der Waals surface area contributed by atoms with E-state index in [0.717, 1.165) is 6.26 Å². The van der Waals surface area contributed by atoms with Gasteiger partial charge in [0.2, 0.25) is 10.0 Å². The monoisotopic (exact) mass is 341 g/mol. The molecule has 0 bridgehead atoms. The van der Waals surface area contributed by atoms with Gasteiger partial charge in [0.15, 0.2) is 0 Å². The molecule has 1 heterocycles. The number of fused-ring (bicyclic) bond motifs is 1. The van der Waals surface area contributed by atoms with Gasteiger partial charge in [-0.05, 0) is 18.2 Å². The first-order valence-electron chi connectivity index (χ1n) is 7.32. The zero-order valence-electron chi connectivity index (χ0n) is 13.8. The highest BCUT2D eigenvalue weighted by Crippen LogP contribution is 2.28. The number of hydrogen-bond acceptors (Lipinski definition) is 5. The van der Waals surface area contributed by atoms with Gasteiger partial charge in [0.1, 0.15) is 11.9 Å². The smallest absolute Gasteiger partial charge is 0.257 e. The number of nitrogens with two attached hydrogens (primary N) is 1. The third-order valence-corrected chi connectivity index (χ3v) is 5.34. The maximum Gasteiger partial charge on any atom is 0.257 e. The van der Waals surface area contributed by atoms with Gasteiger partial charge in [-0.25, -0.2) is 12.7 Å². The van der Waals surface area contributed by atoms with E-state index in [0.29, 0.717) is 23.5 Å². The molecule has 0 saturated heterocycles. The third kappa shape index (κ3) is 3.94. The van der Waals surface area contributed by atoms with Crippen molar-refractivity contribution in [2.75, 3.05) is 39.2 Å². The minimum absolute atomic E-state index is 0.0288. The highest BCUT2D eigenvalue weighted by Gasteiger charge is 2.31. The number of nitrogens with zero attached hydrogens (tertiary/aromatic N) is 2. The van der Waals surface area contributed by atoms with E-state index < -0.39 is 10.0 Å². The molecule has 128 valence electrons. The van der Waals surface area contributed by atoms with Gasteiger partial charge in [-0.1, -0.05) is 6.92 Å². The molecule has 2 rings (SSSR count). The number of ether oxygens (including phenoxy) is 1. The standard InChI is InChI=1S/C15H23N3O4S/c1-10-8-17(2)15(19)12-7-11(16)5-6-13(12)22-14(10)9-18(3)23(4,20)21/h5-7,10,14H,8-9,16H2,1-4H3/t10-,14-/m1/s1. The molecule has 1 aromatic carbocycles. The molecule has 1 aromatic rings. The van der Waals surface area contributed by atoms with Crippen LogP contribution in [0.25, 0.3) is 0 Å². The first-order chi connectivity index (χ1) is 10.6. The molecule has 0 fully saturated rings. The van der Waals surface area contributed by atoms with Crippen LogP contribution < -0.4 is 10.5 Å². The van der Waals surface area contributed by atoms with E-state index in [-0.39, 0.29) is 24.5 Å². The number of rotatable bonds is 3. The number of likely N-dealkylation sites (N-methyl/N-ethyl adjacent to an activating group) is 1. The lowest BCUT2D eigenvalue weighted by molar-refractivity contribution is 0.0605. The summed E-state index contributed by atoms with van der Waals surface area (Å²) in [6.45, 7) is 2.62. The Morgan fingerprint density at radius 1 is 1.43 bits per heavy atom. The first kappa shape index (κ1) is 17.6. The Labute approximate surface area is 137 Å². The van der Waals surface area contributed by atoms with Gasteiger partial charge in [0.25, 0.3) is 5.91 Å². The zero-order valence-corrected chi connectivity index (χ0v) is 14.6. The van der Waals surface area contributed by atoms with Crippen LogP contribution in [-0.4, -0.2) is 63.1 Å². The van der Waals surface area contributed by atoms with Crippen LogP contribution in [0.3, 0.4) is 0 Å².